The molecular formula is C9H11NO2. The summed E-state index contributed by atoms with van der Waals surface area (Å²) >= 11 is 0. The van der Waals surface area contributed by atoms with Gasteiger partial charge in [-0.3, -0.25) is 9.78 Å². The van der Waals surface area contributed by atoms with E-state index in [1.54, 1.807) is 12.4 Å². The van der Waals surface area contributed by atoms with E-state index in [1.165, 1.54) is 6.92 Å². The quantitative estimate of drug-likeness (QED) is 0.622. The number of ether oxygens (including phenoxy) is 1. The SMILES string of the molecule is CC(=O)OCc1ccncc1C. The summed E-state index contributed by atoms with van der Waals surface area (Å²) in [4.78, 5) is 14.4. The summed E-state index contributed by atoms with van der Waals surface area (Å²) in [6.45, 7) is 3.67. The highest BCUT2D eigenvalue weighted by Crippen LogP contribution is 2.06. The molecule has 12 heavy (non-hydrogen) atoms. The second-order valence-electron chi connectivity index (χ2n) is 2.58. The van der Waals surface area contributed by atoms with Gasteiger partial charge in [0.05, 0.1) is 0 Å². The van der Waals surface area contributed by atoms with Gasteiger partial charge in [-0.25, -0.2) is 0 Å². The fourth-order valence-corrected chi connectivity index (χ4v) is 0.844. The Balaban J connectivity index is 2.63. The number of rotatable bonds is 2. The summed E-state index contributed by atoms with van der Waals surface area (Å²) in [5.41, 5.74) is 2.04. The van der Waals surface area contributed by atoms with Gasteiger partial charge in [0.2, 0.25) is 0 Å². The molecule has 0 bridgehead atoms. The Morgan fingerprint density at radius 1 is 1.67 bits per heavy atom. The van der Waals surface area contributed by atoms with E-state index in [1.807, 2.05) is 13.0 Å². The Morgan fingerprint density at radius 2 is 2.42 bits per heavy atom. The summed E-state index contributed by atoms with van der Waals surface area (Å²) in [6.07, 6.45) is 3.44. The molecule has 0 radical (unpaired) electrons. The minimum atomic E-state index is -0.258. The Labute approximate surface area is 71.4 Å². The van der Waals surface area contributed by atoms with Crippen LogP contribution in [0.1, 0.15) is 18.1 Å². The maximum absolute atomic E-state index is 10.5. The number of pyridine rings is 1. The third-order valence-electron chi connectivity index (χ3n) is 1.57. The Hall–Kier alpha value is -1.38. The number of nitrogens with zero attached hydrogens (tertiary/aromatic N) is 1. The molecule has 0 spiro atoms. The zero-order chi connectivity index (χ0) is 8.97. The predicted octanol–water partition coefficient (Wildman–Crippen LogP) is 1.45. The highest BCUT2D eigenvalue weighted by Gasteiger charge is 1.98. The minimum absolute atomic E-state index is 0.258. The summed E-state index contributed by atoms with van der Waals surface area (Å²) in [5.74, 6) is -0.258. The molecule has 1 aromatic rings. The van der Waals surface area contributed by atoms with Crippen molar-refractivity contribution in [3.05, 3.63) is 29.6 Å². The van der Waals surface area contributed by atoms with Crippen LogP contribution in [0.4, 0.5) is 0 Å². The summed E-state index contributed by atoms with van der Waals surface area (Å²) < 4.78 is 4.84. The molecule has 1 heterocycles. The van der Waals surface area contributed by atoms with Gasteiger partial charge in [0, 0.05) is 19.3 Å². The Kier molecular flexibility index (Phi) is 2.80. The van der Waals surface area contributed by atoms with Crippen molar-refractivity contribution < 1.29 is 9.53 Å². The van der Waals surface area contributed by atoms with Crippen molar-refractivity contribution in [1.82, 2.24) is 4.98 Å². The molecule has 0 amide bonds. The first-order valence-electron chi connectivity index (χ1n) is 3.73. The van der Waals surface area contributed by atoms with Gasteiger partial charge in [-0.05, 0) is 24.1 Å². The molecule has 0 aromatic carbocycles. The first kappa shape index (κ1) is 8.71. The molecule has 0 saturated heterocycles. The standard InChI is InChI=1S/C9H11NO2/c1-7-5-10-4-3-9(7)6-12-8(2)11/h3-5H,6H2,1-2H3. The van der Waals surface area contributed by atoms with Crippen LogP contribution in [-0.4, -0.2) is 11.0 Å². The molecule has 0 aliphatic rings. The van der Waals surface area contributed by atoms with Gasteiger partial charge in [0.1, 0.15) is 6.61 Å². The first-order chi connectivity index (χ1) is 5.70. The van der Waals surface area contributed by atoms with Crippen LogP contribution in [0.15, 0.2) is 18.5 Å². The molecule has 0 atom stereocenters. The lowest BCUT2D eigenvalue weighted by atomic mass is 10.2. The lowest BCUT2D eigenvalue weighted by Gasteiger charge is -2.03. The number of carbonyl (C=O) groups excluding carboxylic acids is 1. The number of hydrogen-bond donors (Lipinski definition) is 0. The molecule has 3 nitrogen and oxygen atoms in total. The second-order valence-corrected chi connectivity index (χ2v) is 2.58. The fraction of sp³-hybridized carbons (Fsp3) is 0.333. The topological polar surface area (TPSA) is 39.2 Å². The maximum Gasteiger partial charge on any atom is 0.302 e. The van der Waals surface area contributed by atoms with E-state index < -0.39 is 0 Å². The molecule has 0 fully saturated rings. The average molecular weight is 165 g/mol. The van der Waals surface area contributed by atoms with Crippen LogP contribution in [0.25, 0.3) is 0 Å². The van der Waals surface area contributed by atoms with Crippen molar-refractivity contribution in [2.45, 2.75) is 20.5 Å². The number of carbonyl (C=O) groups is 1. The molecule has 0 saturated carbocycles. The van der Waals surface area contributed by atoms with Gasteiger partial charge in [-0.2, -0.15) is 0 Å². The Bertz CT molecular complexity index is 284. The number of hydrogen-bond acceptors (Lipinski definition) is 3. The molecule has 0 unspecified atom stereocenters. The van der Waals surface area contributed by atoms with E-state index in [0.717, 1.165) is 11.1 Å². The van der Waals surface area contributed by atoms with Crippen LogP contribution >= 0.6 is 0 Å². The maximum atomic E-state index is 10.5. The van der Waals surface area contributed by atoms with E-state index >= 15 is 0 Å². The molecule has 0 N–H and O–H groups in total. The van der Waals surface area contributed by atoms with Crippen molar-refractivity contribution in [2.75, 3.05) is 0 Å². The summed E-state index contributed by atoms with van der Waals surface area (Å²) in [7, 11) is 0. The second kappa shape index (κ2) is 3.85. The van der Waals surface area contributed by atoms with Crippen molar-refractivity contribution in [3.8, 4) is 0 Å². The van der Waals surface area contributed by atoms with Gasteiger partial charge in [0.25, 0.3) is 0 Å². The third-order valence-corrected chi connectivity index (χ3v) is 1.57. The lowest BCUT2D eigenvalue weighted by molar-refractivity contribution is -0.142. The fourth-order valence-electron chi connectivity index (χ4n) is 0.844. The van der Waals surface area contributed by atoms with Crippen LogP contribution in [0.2, 0.25) is 0 Å². The number of esters is 1. The van der Waals surface area contributed by atoms with Crippen LogP contribution in [0.5, 0.6) is 0 Å². The van der Waals surface area contributed by atoms with E-state index in [0.29, 0.717) is 6.61 Å². The normalized spacial score (nSPS) is 9.50. The van der Waals surface area contributed by atoms with Crippen molar-refractivity contribution >= 4 is 5.97 Å². The van der Waals surface area contributed by atoms with Gasteiger partial charge in [0.15, 0.2) is 0 Å². The first-order valence-corrected chi connectivity index (χ1v) is 3.73. The van der Waals surface area contributed by atoms with Crippen LogP contribution in [-0.2, 0) is 16.1 Å². The number of aromatic nitrogens is 1. The largest absolute Gasteiger partial charge is 0.461 e. The molecule has 0 aliphatic carbocycles. The minimum Gasteiger partial charge on any atom is -0.461 e. The molecule has 64 valence electrons. The monoisotopic (exact) mass is 165 g/mol. The third kappa shape index (κ3) is 2.34. The smallest absolute Gasteiger partial charge is 0.302 e. The summed E-state index contributed by atoms with van der Waals surface area (Å²) in [6, 6.07) is 1.85. The molecule has 1 rings (SSSR count). The molecule has 1 aromatic heterocycles. The highest BCUT2D eigenvalue weighted by molar-refractivity contribution is 5.65. The molecule has 0 aliphatic heterocycles. The van der Waals surface area contributed by atoms with Crippen LogP contribution in [0.3, 0.4) is 0 Å². The van der Waals surface area contributed by atoms with Crippen LogP contribution < -0.4 is 0 Å². The number of aryl methyl sites for hydroxylation is 1. The zero-order valence-electron chi connectivity index (χ0n) is 7.20. The van der Waals surface area contributed by atoms with E-state index in [2.05, 4.69) is 4.98 Å². The van der Waals surface area contributed by atoms with E-state index in [9.17, 15) is 4.79 Å². The van der Waals surface area contributed by atoms with Gasteiger partial charge < -0.3 is 4.74 Å². The summed E-state index contributed by atoms with van der Waals surface area (Å²) in [5, 5.41) is 0. The molecule has 3 heteroatoms. The van der Waals surface area contributed by atoms with Crippen molar-refractivity contribution in [3.63, 3.8) is 0 Å². The zero-order valence-corrected chi connectivity index (χ0v) is 7.20. The highest BCUT2D eigenvalue weighted by atomic mass is 16.5. The van der Waals surface area contributed by atoms with E-state index in [4.69, 9.17) is 4.74 Å². The van der Waals surface area contributed by atoms with Crippen molar-refractivity contribution in [1.29, 1.82) is 0 Å². The molecular weight excluding hydrogens is 154 g/mol. The van der Waals surface area contributed by atoms with Crippen molar-refractivity contribution in [2.24, 2.45) is 0 Å². The Morgan fingerprint density at radius 3 is 3.00 bits per heavy atom. The average Bonchev–Trinajstić information content (AvgIpc) is 2.03. The lowest BCUT2D eigenvalue weighted by Crippen LogP contribution is -2.00. The van der Waals surface area contributed by atoms with Gasteiger partial charge >= 0.3 is 5.97 Å². The van der Waals surface area contributed by atoms with Crippen LogP contribution in [0, 0.1) is 6.92 Å². The van der Waals surface area contributed by atoms with Gasteiger partial charge in [-0.1, -0.05) is 0 Å². The predicted molar refractivity (Wildman–Crippen MR) is 44.4 cm³/mol. The van der Waals surface area contributed by atoms with Gasteiger partial charge in [-0.15, -0.1) is 0 Å². The van der Waals surface area contributed by atoms with E-state index in [-0.39, 0.29) is 5.97 Å².